The quantitative estimate of drug-likeness (QED) is 0.583. The van der Waals surface area contributed by atoms with E-state index in [1.54, 1.807) is 0 Å². The maximum absolute atomic E-state index is 12.0. The zero-order chi connectivity index (χ0) is 13.9. The minimum absolute atomic E-state index is 0.230. The second-order valence-electron chi connectivity index (χ2n) is 5.46. The molecule has 3 heteroatoms. The van der Waals surface area contributed by atoms with Crippen molar-refractivity contribution in [2.24, 2.45) is 5.92 Å². The highest BCUT2D eigenvalue weighted by atomic mass is 16.7. The van der Waals surface area contributed by atoms with Crippen molar-refractivity contribution in [3.8, 4) is 0 Å². The zero-order valence-corrected chi connectivity index (χ0v) is 11.9. The third-order valence-corrected chi connectivity index (χ3v) is 3.64. The van der Waals surface area contributed by atoms with Gasteiger partial charge in [-0.15, -0.1) is 0 Å². The van der Waals surface area contributed by atoms with Crippen LogP contribution >= 0.6 is 0 Å². The van der Waals surface area contributed by atoms with Gasteiger partial charge < -0.3 is 9.47 Å². The summed E-state index contributed by atoms with van der Waals surface area (Å²) in [6.07, 6.45) is 1.23. The van der Waals surface area contributed by atoms with Gasteiger partial charge in [0.15, 0.2) is 6.10 Å². The molecule has 19 heavy (non-hydrogen) atoms. The van der Waals surface area contributed by atoms with Gasteiger partial charge in [0.25, 0.3) is 0 Å². The van der Waals surface area contributed by atoms with E-state index < -0.39 is 11.7 Å². The topological polar surface area (TPSA) is 38.8 Å². The summed E-state index contributed by atoms with van der Waals surface area (Å²) in [5, 5.41) is 0. The van der Waals surface area contributed by atoms with Gasteiger partial charge in [-0.1, -0.05) is 51.1 Å². The molecule has 1 aliphatic heterocycles. The Hall–Kier alpha value is -1.35. The number of rotatable bonds is 6. The number of carbonyl (C=O) groups is 1. The van der Waals surface area contributed by atoms with Gasteiger partial charge >= 0.3 is 5.97 Å². The Labute approximate surface area is 114 Å². The Kier molecular flexibility index (Phi) is 4.25. The molecule has 0 amide bonds. The standard InChI is InChI=1S/C16H22O3/c1-4-16(13-8-6-5-7-9-13)14(19-16)15(17)18-11-10-12(2)3/h5-9,12,14H,4,10-11H2,1-3H3/t14-,16+/m1/s1. The summed E-state index contributed by atoms with van der Waals surface area (Å²) >= 11 is 0. The SMILES string of the molecule is CC[C@@]1(c2ccccc2)O[C@@H]1C(=O)OCCC(C)C. The number of carbonyl (C=O) groups excluding carboxylic acids is 1. The van der Waals surface area contributed by atoms with Gasteiger partial charge in [-0.25, -0.2) is 4.79 Å². The van der Waals surface area contributed by atoms with Crippen molar-refractivity contribution >= 4 is 5.97 Å². The number of ether oxygens (including phenoxy) is 2. The van der Waals surface area contributed by atoms with Gasteiger partial charge in [0.2, 0.25) is 0 Å². The summed E-state index contributed by atoms with van der Waals surface area (Å²) in [5.74, 6) is 0.310. The third kappa shape index (κ3) is 2.98. The zero-order valence-electron chi connectivity index (χ0n) is 11.9. The van der Waals surface area contributed by atoms with E-state index in [-0.39, 0.29) is 5.97 Å². The van der Waals surface area contributed by atoms with Crippen LogP contribution in [-0.4, -0.2) is 18.7 Å². The maximum Gasteiger partial charge on any atom is 0.338 e. The number of esters is 1. The van der Waals surface area contributed by atoms with Gasteiger partial charge in [0.05, 0.1) is 6.61 Å². The molecule has 0 saturated carbocycles. The minimum Gasteiger partial charge on any atom is -0.464 e. The lowest BCUT2D eigenvalue weighted by molar-refractivity contribution is -0.145. The molecule has 1 aromatic rings. The first-order chi connectivity index (χ1) is 9.10. The number of epoxide rings is 1. The summed E-state index contributed by atoms with van der Waals surface area (Å²) in [6.45, 7) is 6.74. The second-order valence-corrected chi connectivity index (χ2v) is 5.46. The highest BCUT2D eigenvalue weighted by Crippen LogP contribution is 2.49. The van der Waals surface area contributed by atoms with E-state index >= 15 is 0 Å². The molecule has 0 aromatic heterocycles. The van der Waals surface area contributed by atoms with E-state index in [1.165, 1.54) is 0 Å². The predicted molar refractivity (Wildman–Crippen MR) is 73.7 cm³/mol. The summed E-state index contributed by atoms with van der Waals surface area (Å²) in [5.41, 5.74) is 0.596. The second kappa shape index (κ2) is 5.74. The summed E-state index contributed by atoms with van der Waals surface area (Å²) < 4.78 is 11.0. The van der Waals surface area contributed by atoms with Crippen molar-refractivity contribution in [1.82, 2.24) is 0 Å². The minimum atomic E-state index is -0.462. The molecule has 0 unspecified atom stereocenters. The fraction of sp³-hybridized carbons (Fsp3) is 0.562. The fourth-order valence-electron chi connectivity index (χ4n) is 2.30. The van der Waals surface area contributed by atoms with E-state index in [9.17, 15) is 4.79 Å². The first-order valence-corrected chi connectivity index (χ1v) is 7.00. The van der Waals surface area contributed by atoms with Crippen LogP contribution in [0.3, 0.4) is 0 Å². The largest absolute Gasteiger partial charge is 0.464 e. The van der Waals surface area contributed by atoms with Crippen molar-refractivity contribution in [1.29, 1.82) is 0 Å². The van der Waals surface area contributed by atoms with Gasteiger partial charge in [-0.3, -0.25) is 0 Å². The summed E-state index contributed by atoms with van der Waals surface area (Å²) in [7, 11) is 0. The lowest BCUT2D eigenvalue weighted by Gasteiger charge is -2.10. The van der Waals surface area contributed by atoms with E-state index in [1.807, 2.05) is 37.3 Å². The van der Waals surface area contributed by atoms with Crippen LogP contribution in [0.15, 0.2) is 30.3 Å². The van der Waals surface area contributed by atoms with Crippen molar-refractivity contribution in [3.63, 3.8) is 0 Å². The Balaban J connectivity index is 1.95. The van der Waals surface area contributed by atoms with Crippen molar-refractivity contribution in [2.75, 3.05) is 6.61 Å². The number of hydrogen-bond donors (Lipinski definition) is 0. The van der Waals surface area contributed by atoms with Crippen molar-refractivity contribution in [2.45, 2.75) is 45.3 Å². The van der Waals surface area contributed by atoms with Gasteiger partial charge in [0, 0.05) is 0 Å². The molecule has 1 fully saturated rings. The first-order valence-electron chi connectivity index (χ1n) is 7.00. The van der Waals surface area contributed by atoms with Gasteiger partial charge in [-0.2, -0.15) is 0 Å². The van der Waals surface area contributed by atoms with Gasteiger partial charge in [-0.05, 0) is 24.3 Å². The Morgan fingerprint density at radius 1 is 1.37 bits per heavy atom. The van der Waals surface area contributed by atoms with Crippen LogP contribution < -0.4 is 0 Å². The lowest BCUT2D eigenvalue weighted by Crippen LogP contribution is -2.21. The molecule has 3 nitrogen and oxygen atoms in total. The molecule has 2 rings (SSSR count). The third-order valence-electron chi connectivity index (χ3n) is 3.64. The molecular weight excluding hydrogens is 240 g/mol. The summed E-state index contributed by atoms with van der Waals surface area (Å²) in [6, 6.07) is 9.91. The highest BCUT2D eigenvalue weighted by Gasteiger charge is 2.61. The normalized spacial score (nSPS) is 25.4. The number of benzene rings is 1. The average Bonchev–Trinajstić information content (AvgIpc) is 3.15. The Bertz CT molecular complexity index is 427. The Morgan fingerprint density at radius 3 is 2.63 bits per heavy atom. The smallest absolute Gasteiger partial charge is 0.338 e. The first kappa shape index (κ1) is 14.1. The van der Waals surface area contributed by atoms with Crippen molar-refractivity contribution < 1.29 is 14.3 Å². The molecule has 0 aliphatic carbocycles. The molecule has 0 bridgehead atoms. The molecule has 1 aromatic carbocycles. The average molecular weight is 262 g/mol. The fourth-order valence-corrected chi connectivity index (χ4v) is 2.30. The maximum atomic E-state index is 12.0. The van der Waals surface area contributed by atoms with Crippen LogP contribution in [0.25, 0.3) is 0 Å². The van der Waals surface area contributed by atoms with Crippen LogP contribution in [0.1, 0.15) is 39.2 Å². The van der Waals surface area contributed by atoms with Crippen LogP contribution in [0.2, 0.25) is 0 Å². The molecular formula is C16H22O3. The molecule has 2 atom stereocenters. The van der Waals surface area contributed by atoms with Crippen LogP contribution in [0.4, 0.5) is 0 Å². The highest BCUT2D eigenvalue weighted by molar-refractivity contribution is 5.80. The van der Waals surface area contributed by atoms with E-state index in [4.69, 9.17) is 9.47 Å². The molecule has 0 radical (unpaired) electrons. The van der Waals surface area contributed by atoms with E-state index in [2.05, 4.69) is 13.8 Å². The van der Waals surface area contributed by atoms with Gasteiger partial charge in [0.1, 0.15) is 5.60 Å². The monoisotopic (exact) mass is 262 g/mol. The molecule has 1 aliphatic rings. The van der Waals surface area contributed by atoms with E-state index in [0.29, 0.717) is 12.5 Å². The van der Waals surface area contributed by atoms with E-state index in [0.717, 1.165) is 18.4 Å². The summed E-state index contributed by atoms with van der Waals surface area (Å²) in [4.78, 5) is 12.0. The molecule has 0 spiro atoms. The van der Waals surface area contributed by atoms with Crippen LogP contribution in [0.5, 0.6) is 0 Å². The molecule has 104 valence electrons. The molecule has 1 heterocycles. The predicted octanol–water partition coefficient (Wildman–Crippen LogP) is 3.28. The van der Waals surface area contributed by atoms with Crippen molar-refractivity contribution in [3.05, 3.63) is 35.9 Å². The number of hydrogen-bond acceptors (Lipinski definition) is 3. The Morgan fingerprint density at radius 2 is 2.05 bits per heavy atom. The van der Waals surface area contributed by atoms with Crippen LogP contribution in [0, 0.1) is 5.92 Å². The lowest BCUT2D eigenvalue weighted by atomic mass is 9.93. The molecule has 0 N–H and O–H groups in total. The van der Waals surface area contributed by atoms with Crippen LogP contribution in [-0.2, 0) is 19.9 Å². The molecule has 1 saturated heterocycles.